The number of likely N-dealkylation sites (tertiary alicyclic amines) is 1. The van der Waals surface area contributed by atoms with Crippen LogP contribution in [-0.2, 0) is 11.3 Å². The molecule has 33 heavy (non-hydrogen) atoms. The van der Waals surface area contributed by atoms with Gasteiger partial charge in [0.05, 0.1) is 12.8 Å². The Bertz CT molecular complexity index is 1080. The summed E-state index contributed by atoms with van der Waals surface area (Å²) in [6, 6.07) is 15.1. The number of carbonyl (C=O) groups is 1. The number of ether oxygens (including phenoxy) is 1. The topological polar surface area (TPSA) is 59.4 Å². The molecule has 1 aliphatic heterocycles. The van der Waals surface area contributed by atoms with Gasteiger partial charge in [0.25, 0.3) is 0 Å². The molecule has 2 aromatic carbocycles. The predicted octanol–water partition coefficient (Wildman–Crippen LogP) is 4.57. The van der Waals surface area contributed by atoms with Gasteiger partial charge in [-0.3, -0.25) is 9.69 Å². The van der Waals surface area contributed by atoms with Crippen molar-refractivity contribution in [3.63, 3.8) is 0 Å². The van der Waals surface area contributed by atoms with E-state index in [0.29, 0.717) is 36.1 Å². The van der Waals surface area contributed by atoms with E-state index in [1.54, 1.807) is 19.1 Å². The van der Waals surface area contributed by atoms with Crippen molar-refractivity contribution in [1.29, 1.82) is 0 Å². The molecule has 1 N–H and O–H groups in total. The van der Waals surface area contributed by atoms with Crippen molar-refractivity contribution in [2.45, 2.75) is 45.2 Å². The number of nitrogens with one attached hydrogen (secondary N) is 1. The minimum absolute atomic E-state index is 0.00114. The Morgan fingerprint density at radius 3 is 2.76 bits per heavy atom. The van der Waals surface area contributed by atoms with Crippen LogP contribution in [0, 0.1) is 5.82 Å². The molecular formula is C26H31FN4O2. The summed E-state index contributed by atoms with van der Waals surface area (Å²) in [7, 11) is 1.53. The van der Waals surface area contributed by atoms with E-state index in [1.807, 2.05) is 41.2 Å². The molecule has 0 bridgehead atoms. The third-order valence-electron chi connectivity index (χ3n) is 6.22. The molecule has 1 fully saturated rings. The zero-order valence-corrected chi connectivity index (χ0v) is 19.3. The molecule has 0 radical (unpaired) electrons. The largest absolute Gasteiger partial charge is 0.497 e. The molecule has 7 heteroatoms. The molecule has 4 rings (SSSR count). The lowest BCUT2D eigenvalue weighted by Crippen LogP contribution is -2.41. The van der Waals surface area contributed by atoms with Crippen LogP contribution in [0.25, 0.3) is 16.9 Å². The second-order valence-electron chi connectivity index (χ2n) is 8.52. The molecule has 0 aliphatic carbocycles. The summed E-state index contributed by atoms with van der Waals surface area (Å²) in [6.07, 6.45) is 6.32. The van der Waals surface area contributed by atoms with Crippen LogP contribution in [0.2, 0.25) is 0 Å². The van der Waals surface area contributed by atoms with Crippen LogP contribution in [0.1, 0.15) is 38.2 Å². The van der Waals surface area contributed by atoms with Gasteiger partial charge in [-0.15, -0.1) is 0 Å². The van der Waals surface area contributed by atoms with Crippen LogP contribution in [0.15, 0.2) is 54.7 Å². The van der Waals surface area contributed by atoms with E-state index in [9.17, 15) is 4.79 Å². The van der Waals surface area contributed by atoms with Crippen LogP contribution in [0.5, 0.6) is 5.75 Å². The Morgan fingerprint density at radius 1 is 1.21 bits per heavy atom. The SMILES string of the molecule is COc1ccc(-c2nn(-c3ccccc3)cc2CN2CCCC[C@@H]2CCNC(C)=O)c(F)c1. The van der Waals surface area contributed by atoms with Crippen LogP contribution in [0.3, 0.4) is 0 Å². The van der Waals surface area contributed by atoms with Gasteiger partial charge in [-0.25, -0.2) is 9.07 Å². The summed E-state index contributed by atoms with van der Waals surface area (Å²) in [4.78, 5) is 13.7. The van der Waals surface area contributed by atoms with Gasteiger partial charge >= 0.3 is 0 Å². The van der Waals surface area contributed by atoms with Crippen molar-refractivity contribution in [1.82, 2.24) is 20.0 Å². The number of hydrogen-bond donors (Lipinski definition) is 1. The smallest absolute Gasteiger partial charge is 0.216 e. The van der Waals surface area contributed by atoms with E-state index >= 15 is 4.39 Å². The molecule has 6 nitrogen and oxygen atoms in total. The Morgan fingerprint density at radius 2 is 2.03 bits per heavy atom. The summed E-state index contributed by atoms with van der Waals surface area (Å²) < 4.78 is 22.0. The maximum atomic E-state index is 15.0. The summed E-state index contributed by atoms with van der Waals surface area (Å²) in [5.41, 5.74) is 3.02. The zero-order valence-electron chi connectivity index (χ0n) is 19.3. The van der Waals surface area contributed by atoms with Gasteiger partial charge in [0.2, 0.25) is 5.91 Å². The fourth-order valence-electron chi connectivity index (χ4n) is 4.51. The van der Waals surface area contributed by atoms with Gasteiger partial charge in [0.1, 0.15) is 17.3 Å². The third-order valence-corrected chi connectivity index (χ3v) is 6.22. The number of halogens is 1. The van der Waals surface area contributed by atoms with Crippen molar-refractivity contribution < 1.29 is 13.9 Å². The standard InChI is InChI=1S/C26H31FN4O2/c1-19(32)28-14-13-21-8-6-7-15-30(21)17-20-18-31(22-9-4-3-5-10-22)29-26(20)24-12-11-23(33-2)16-25(24)27/h3-5,9-12,16,18,21H,6-8,13-15,17H2,1-2H3,(H,28,32)/t21-/m1/s1. The molecule has 1 aliphatic rings. The normalized spacial score (nSPS) is 16.5. The minimum Gasteiger partial charge on any atom is -0.497 e. The summed E-state index contributed by atoms with van der Waals surface area (Å²) in [5.74, 6) is 0.128. The fraction of sp³-hybridized carbons (Fsp3) is 0.385. The first-order valence-electron chi connectivity index (χ1n) is 11.5. The van der Waals surface area contributed by atoms with Crippen LogP contribution < -0.4 is 10.1 Å². The number of benzene rings is 2. The quantitative estimate of drug-likeness (QED) is 0.546. The van der Waals surface area contributed by atoms with Crippen molar-refractivity contribution >= 4 is 5.91 Å². The third kappa shape index (κ3) is 5.60. The lowest BCUT2D eigenvalue weighted by molar-refractivity contribution is -0.119. The number of hydrogen-bond acceptors (Lipinski definition) is 4. The van der Waals surface area contributed by atoms with Gasteiger partial charge in [-0.1, -0.05) is 24.6 Å². The number of para-hydroxylation sites is 1. The second-order valence-corrected chi connectivity index (χ2v) is 8.52. The average molecular weight is 451 g/mol. The Labute approximate surface area is 194 Å². The van der Waals surface area contributed by atoms with E-state index in [1.165, 1.54) is 19.6 Å². The highest BCUT2D eigenvalue weighted by atomic mass is 19.1. The molecular weight excluding hydrogens is 419 g/mol. The zero-order chi connectivity index (χ0) is 23.2. The van der Waals surface area contributed by atoms with Gasteiger partial charge < -0.3 is 10.1 Å². The number of rotatable bonds is 8. The van der Waals surface area contributed by atoms with Crippen molar-refractivity contribution in [2.75, 3.05) is 20.2 Å². The molecule has 0 saturated carbocycles. The molecule has 1 saturated heterocycles. The number of methoxy groups -OCH3 is 1. The van der Waals surface area contributed by atoms with Gasteiger partial charge in [-0.2, -0.15) is 5.10 Å². The summed E-state index contributed by atoms with van der Waals surface area (Å²) in [6.45, 7) is 3.87. The summed E-state index contributed by atoms with van der Waals surface area (Å²) in [5, 5.41) is 7.71. The molecule has 3 aromatic rings. The minimum atomic E-state index is -0.352. The highest BCUT2D eigenvalue weighted by Gasteiger charge is 2.25. The number of nitrogens with zero attached hydrogens (tertiary/aromatic N) is 3. The molecule has 1 amide bonds. The van der Waals surface area contributed by atoms with E-state index in [0.717, 1.165) is 37.1 Å². The molecule has 0 unspecified atom stereocenters. The van der Waals surface area contributed by atoms with E-state index in [4.69, 9.17) is 9.84 Å². The number of amides is 1. The number of aromatic nitrogens is 2. The molecule has 0 spiro atoms. The Kier molecular flexibility index (Phi) is 7.40. The molecule has 1 aromatic heterocycles. The first kappa shape index (κ1) is 23.0. The lowest BCUT2D eigenvalue weighted by atomic mass is 9.98. The lowest BCUT2D eigenvalue weighted by Gasteiger charge is -2.35. The highest BCUT2D eigenvalue weighted by molar-refractivity contribution is 5.72. The summed E-state index contributed by atoms with van der Waals surface area (Å²) >= 11 is 0. The monoisotopic (exact) mass is 450 g/mol. The van der Waals surface area contributed by atoms with Crippen molar-refractivity contribution in [3.8, 4) is 22.7 Å². The Balaban J connectivity index is 1.65. The molecule has 174 valence electrons. The van der Waals surface area contributed by atoms with Crippen LogP contribution in [0.4, 0.5) is 4.39 Å². The fourth-order valence-corrected chi connectivity index (χ4v) is 4.51. The Hall–Kier alpha value is -3.19. The highest BCUT2D eigenvalue weighted by Crippen LogP contribution is 2.31. The van der Waals surface area contributed by atoms with Crippen molar-refractivity contribution in [2.24, 2.45) is 0 Å². The predicted molar refractivity (Wildman–Crippen MR) is 127 cm³/mol. The van der Waals surface area contributed by atoms with Crippen LogP contribution in [-0.4, -0.2) is 46.8 Å². The van der Waals surface area contributed by atoms with Gasteiger partial charge in [0.15, 0.2) is 0 Å². The number of carbonyl (C=O) groups excluding carboxylic acids is 1. The van der Waals surface area contributed by atoms with E-state index < -0.39 is 0 Å². The van der Waals surface area contributed by atoms with Crippen molar-refractivity contribution in [3.05, 3.63) is 66.1 Å². The number of piperidine rings is 1. The van der Waals surface area contributed by atoms with E-state index in [-0.39, 0.29) is 11.7 Å². The van der Waals surface area contributed by atoms with Gasteiger partial charge in [0, 0.05) is 49.4 Å². The average Bonchev–Trinajstić information content (AvgIpc) is 3.24. The molecule has 1 atom stereocenters. The maximum absolute atomic E-state index is 15.0. The van der Waals surface area contributed by atoms with Crippen LogP contribution >= 0.6 is 0 Å². The second kappa shape index (κ2) is 10.6. The maximum Gasteiger partial charge on any atom is 0.216 e. The van der Waals surface area contributed by atoms with E-state index in [2.05, 4.69) is 10.2 Å². The first-order chi connectivity index (χ1) is 16.0. The van der Waals surface area contributed by atoms with Gasteiger partial charge in [-0.05, 0) is 50.1 Å². The first-order valence-corrected chi connectivity index (χ1v) is 11.5. The molecule has 2 heterocycles.